The molecular formula is C12H19N3O2S. The van der Waals surface area contributed by atoms with E-state index in [0.29, 0.717) is 11.6 Å². The van der Waals surface area contributed by atoms with Crippen LogP contribution >= 0.6 is 11.3 Å². The number of carboxylic acid groups (broad SMARTS) is 1. The summed E-state index contributed by atoms with van der Waals surface area (Å²) in [6, 6.07) is 0. The van der Waals surface area contributed by atoms with Gasteiger partial charge in [-0.1, -0.05) is 0 Å². The van der Waals surface area contributed by atoms with E-state index < -0.39 is 5.97 Å². The third-order valence-electron chi connectivity index (χ3n) is 3.26. The first-order valence-corrected chi connectivity index (χ1v) is 7.10. The standard InChI is InChI=1S/C12H19N3O2S/c1-15-4-2-9(3-5-15)7-13-12-14-10(8-18-12)6-11(16)17/h8-9H,2-7H2,1H3,(H,13,14)(H,16,17). The smallest absolute Gasteiger partial charge is 0.309 e. The Labute approximate surface area is 111 Å². The van der Waals surface area contributed by atoms with E-state index in [0.717, 1.165) is 24.8 Å². The van der Waals surface area contributed by atoms with Crippen molar-refractivity contribution in [3.63, 3.8) is 0 Å². The van der Waals surface area contributed by atoms with Crippen molar-refractivity contribution >= 4 is 22.4 Å². The molecule has 0 saturated carbocycles. The van der Waals surface area contributed by atoms with Crippen molar-refractivity contribution in [3.8, 4) is 0 Å². The highest BCUT2D eigenvalue weighted by molar-refractivity contribution is 7.13. The van der Waals surface area contributed by atoms with E-state index in [1.807, 2.05) is 5.38 Å². The van der Waals surface area contributed by atoms with Gasteiger partial charge in [-0.05, 0) is 38.9 Å². The van der Waals surface area contributed by atoms with Crippen molar-refractivity contribution in [1.82, 2.24) is 9.88 Å². The maximum absolute atomic E-state index is 10.6. The molecule has 0 atom stereocenters. The number of hydrogen-bond donors (Lipinski definition) is 2. The molecule has 6 heteroatoms. The first-order valence-electron chi connectivity index (χ1n) is 6.22. The van der Waals surface area contributed by atoms with E-state index in [2.05, 4.69) is 22.2 Å². The van der Waals surface area contributed by atoms with E-state index in [4.69, 9.17) is 5.11 Å². The summed E-state index contributed by atoms with van der Waals surface area (Å²) in [6.45, 7) is 3.26. The molecule has 0 aromatic carbocycles. The molecule has 1 fully saturated rings. The van der Waals surface area contributed by atoms with Crippen LogP contribution in [0.3, 0.4) is 0 Å². The van der Waals surface area contributed by atoms with Gasteiger partial charge in [-0.2, -0.15) is 0 Å². The summed E-state index contributed by atoms with van der Waals surface area (Å²) in [5.74, 6) is -0.129. The van der Waals surface area contributed by atoms with Gasteiger partial charge >= 0.3 is 5.97 Å². The van der Waals surface area contributed by atoms with Crippen molar-refractivity contribution in [1.29, 1.82) is 0 Å². The van der Waals surface area contributed by atoms with Crippen molar-refractivity contribution < 1.29 is 9.90 Å². The lowest BCUT2D eigenvalue weighted by Gasteiger charge is -2.28. The second-order valence-electron chi connectivity index (χ2n) is 4.84. The van der Waals surface area contributed by atoms with Crippen LogP contribution in [0.4, 0.5) is 5.13 Å². The van der Waals surface area contributed by atoms with Crippen molar-refractivity contribution in [2.75, 3.05) is 32.0 Å². The maximum atomic E-state index is 10.6. The third-order valence-corrected chi connectivity index (χ3v) is 4.11. The maximum Gasteiger partial charge on any atom is 0.309 e. The fourth-order valence-electron chi connectivity index (χ4n) is 2.12. The Morgan fingerprint density at radius 1 is 1.61 bits per heavy atom. The molecular weight excluding hydrogens is 250 g/mol. The molecule has 100 valence electrons. The minimum absolute atomic E-state index is 0.00635. The molecule has 2 N–H and O–H groups in total. The molecule has 2 heterocycles. The highest BCUT2D eigenvalue weighted by atomic mass is 32.1. The molecule has 0 bridgehead atoms. The summed E-state index contributed by atoms with van der Waals surface area (Å²) in [5, 5.41) is 14.6. The van der Waals surface area contributed by atoms with Gasteiger partial charge in [0.05, 0.1) is 12.1 Å². The van der Waals surface area contributed by atoms with Gasteiger partial charge in [-0.25, -0.2) is 4.98 Å². The zero-order valence-corrected chi connectivity index (χ0v) is 11.4. The van der Waals surface area contributed by atoms with Crippen molar-refractivity contribution in [2.24, 2.45) is 5.92 Å². The molecule has 0 radical (unpaired) electrons. The average molecular weight is 269 g/mol. The molecule has 1 aliphatic rings. The van der Waals surface area contributed by atoms with Gasteiger partial charge in [-0.15, -0.1) is 11.3 Å². The Bertz CT molecular complexity index is 400. The summed E-state index contributed by atoms with van der Waals surface area (Å²) in [5.41, 5.74) is 0.637. The minimum atomic E-state index is -0.831. The SMILES string of the molecule is CN1CCC(CNc2nc(CC(=O)O)cs2)CC1. The molecule has 0 aliphatic carbocycles. The molecule has 0 amide bonds. The Hall–Kier alpha value is -1.14. The van der Waals surface area contributed by atoms with Gasteiger partial charge in [0.2, 0.25) is 0 Å². The monoisotopic (exact) mass is 269 g/mol. The van der Waals surface area contributed by atoms with Crippen LogP contribution < -0.4 is 5.32 Å². The quantitative estimate of drug-likeness (QED) is 0.848. The third kappa shape index (κ3) is 3.96. The number of carbonyl (C=O) groups is 1. The second kappa shape index (κ2) is 6.15. The van der Waals surface area contributed by atoms with Gasteiger partial charge in [0, 0.05) is 11.9 Å². The number of aromatic nitrogens is 1. The van der Waals surface area contributed by atoms with Gasteiger partial charge in [-0.3, -0.25) is 4.79 Å². The van der Waals surface area contributed by atoms with E-state index in [1.165, 1.54) is 24.2 Å². The summed E-state index contributed by atoms with van der Waals surface area (Å²) in [6.07, 6.45) is 2.44. The molecule has 5 nitrogen and oxygen atoms in total. The Morgan fingerprint density at radius 2 is 2.33 bits per heavy atom. The Morgan fingerprint density at radius 3 is 3.00 bits per heavy atom. The van der Waals surface area contributed by atoms with E-state index in [1.54, 1.807) is 0 Å². The highest BCUT2D eigenvalue weighted by Gasteiger charge is 2.16. The number of thiazole rings is 1. The van der Waals surface area contributed by atoms with Gasteiger partial charge in [0.1, 0.15) is 0 Å². The predicted molar refractivity (Wildman–Crippen MR) is 72.2 cm³/mol. The molecule has 18 heavy (non-hydrogen) atoms. The van der Waals surface area contributed by atoms with Gasteiger partial charge in [0.25, 0.3) is 0 Å². The number of anilines is 1. The fraction of sp³-hybridized carbons (Fsp3) is 0.667. The van der Waals surface area contributed by atoms with Gasteiger partial charge < -0.3 is 15.3 Å². The Kier molecular flexibility index (Phi) is 4.54. The summed E-state index contributed by atoms with van der Waals surface area (Å²) in [4.78, 5) is 17.2. The molecule has 2 rings (SSSR count). The molecule has 0 unspecified atom stereocenters. The normalized spacial score (nSPS) is 17.8. The van der Waals surface area contributed by atoms with Crippen LogP contribution in [0.2, 0.25) is 0 Å². The lowest BCUT2D eigenvalue weighted by molar-refractivity contribution is -0.136. The number of piperidine rings is 1. The second-order valence-corrected chi connectivity index (χ2v) is 5.70. The number of nitrogens with zero attached hydrogens (tertiary/aromatic N) is 2. The highest BCUT2D eigenvalue weighted by Crippen LogP contribution is 2.19. The number of rotatable bonds is 5. The molecule has 1 saturated heterocycles. The number of nitrogens with one attached hydrogen (secondary N) is 1. The van der Waals surface area contributed by atoms with Crippen molar-refractivity contribution in [2.45, 2.75) is 19.3 Å². The van der Waals surface area contributed by atoms with Crippen LogP contribution in [-0.2, 0) is 11.2 Å². The summed E-state index contributed by atoms with van der Waals surface area (Å²) in [7, 11) is 2.16. The van der Waals surface area contributed by atoms with Crippen LogP contribution in [0.15, 0.2) is 5.38 Å². The zero-order valence-electron chi connectivity index (χ0n) is 10.6. The topological polar surface area (TPSA) is 65.5 Å². The zero-order chi connectivity index (χ0) is 13.0. The minimum Gasteiger partial charge on any atom is -0.481 e. The molecule has 1 aliphatic heterocycles. The lowest BCUT2D eigenvalue weighted by atomic mass is 9.97. The van der Waals surface area contributed by atoms with Crippen LogP contribution in [0.5, 0.6) is 0 Å². The van der Waals surface area contributed by atoms with Crippen LogP contribution in [0, 0.1) is 5.92 Å². The van der Waals surface area contributed by atoms with Gasteiger partial charge in [0.15, 0.2) is 5.13 Å². The number of hydrogen-bond acceptors (Lipinski definition) is 5. The summed E-state index contributed by atoms with van der Waals surface area (Å²) >= 11 is 1.48. The number of carboxylic acids is 1. The van der Waals surface area contributed by atoms with Crippen LogP contribution in [0.25, 0.3) is 0 Å². The molecule has 1 aromatic rings. The van der Waals surface area contributed by atoms with Crippen LogP contribution in [0.1, 0.15) is 18.5 Å². The first kappa shape index (κ1) is 13.3. The largest absolute Gasteiger partial charge is 0.481 e. The molecule has 0 spiro atoms. The average Bonchev–Trinajstić information content (AvgIpc) is 2.75. The fourth-order valence-corrected chi connectivity index (χ4v) is 2.84. The number of aliphatic carboxylic acids is 1. The van der Waals surface area contributed by atoms with E-state index in [-0.39, 0.29) is 6.42 Å². The lowest BCUT2D eigenvalue weighted by Crippen LogP contribution is -2.32. The first-order chi connectivity index (χ1) is 8.63. The predicted octanol–water partition coefficient (Wildman–Crippen LogP) is 1.52. The van der Waals surface area contributed by atoms with Crippen LogP contribution in [-0.4, -0.2) is 47.6 Å². The van der Waals surface area contributed by atoms with Crippen molar-refractivity contribution in [3.05, 3.63) is 11.1 Å². The number of likely N-dealkylation sites (tertiary alicyclic amines) is 1. The van der Waals surface area contributed by atoms with E-state index in [9.17, 15) is 4.79 Å². The summed E-state index contributed by atoms with van der Waals surface area (Å²) < 4.78 is 0. The Balaban J connectivity index is 1.76. The van der Waals surface area contributed by atoms with E-state index >= 15 is 0 Å². The molecule has 1 aromatic heterocycles.